The Labute approximate surface area is 92.0 Å². The van der Waals surface area contributed by atoms with E-state index in [0.29, 0.717) is 17.2 Å². The predicted molar refractivity (Wildman–Crippen MR) is 60.6 cm³/mol. The van der Waals surface area contributed by atoms with Crippen LogP contribution in [-0.2, 0) is 4.79 Å². The van der Waals surface area contributed by atoms with Gasteiger partial charge in [0.15, 0.2) is 0 Å². The number of likely N-dealkylation sites (tertiary alicyclic amines) is 1. The molecule has 0 aromatic heterocycles. The molecule has 1 spiro atoms. The molecule has 3 heteroatoms. The molecule has 0 radical (unpaired) electrons. The van der Waals surface area contributed by atoms with Gasteiger partial charge in [-0.25, -0.2) is 0 Å². The van der Waals surface area contributed by atoms with Crippen molar-refractivity contribution in [2.75, 3.05) is 19.6 Å². The first-order chi connectivity index (χ1) is 7.10. The highest BCUT2D eigenvalue weighted by Crippen LogP contribution is 2.43. The van der Waals surface area contributed by atoms with Crippen LogP contribution in [0, 0.1) is 5.41 Å². The van der Waals surface area contributed by atoms with Crippen LogP contribution in [0.2, 0.25) is 0 Å². The van der Waals surface area contributed by atoms with Crippen molar-refractivity contribution in [1.82, 2.24) is 4.90 Å². The molecule has 1 heterocycles. The van der Waals surface area contributed by atoms with Crippen LogP contribution in [0.3, 0.4) is 0 Å². The van der Waals surface area contributed by atoms with Gasteiger partial charge in [0.1, 0.15) is 5.78 Å². The van der Waals surface area contributed by atoms with Crippen molar-refractivity contribution >= 4 is 5.78 Å². The summed E-state index contributed by atoms with van der Waals surface area (Å²) < 4.78 is 0. The normalized spacial score (nSPS) is 26.5. The summed E-state index contributed by atoms with van der Waals surface area (Å²) in [5, 5.41) is 0. The molecule has 15 heavy (non-hydrogen) atoms. The fourth-order valence-corrected chi connectivity index (χ4v) is 2.94. The van der Waals surface area contributed by atoms with Crippen molar-refractivity contribution < 1.29 is 4.79 Å². The summed E-state index contributed by atoms with van der Waals surface area (Å²) in [4.78, 5) is 13.3. The zero-order valence-electron chi connectivity index (χ0n) is 9.67. The third-order valence-corrected chi connectivity index (χ3v) is 3.99. The standard InChI is InChI=1S/C12H22N2O/c1-10(15)4-7-14-8-12(9-14)5-2-11(13)3-6-12/h11H,2-9,13H2,1H3. The number of nitrogens with two attached hydrogens (primary N) is 1. The molecule has 2 aliphatic rings. The minimum absolute atomic E-state index is 0.307. The van der Waals surface area contributed by atoms with Crippen LogP contribution in [0.15, 0.2) is 0 Å². The fraction of sp³-hybridized carbons (Fsp3) is 0.917. The summed E-state index contributed by atoms with van der Waals surface area (Å²) in [6, 6.07) is 0.446. The predicted octanol–water partition coefficient (Wildman–Crippen LogP) is 1.17. The smallest absolute Gasteiger partial charge is 0.131 e. The van der Waals surface area contributed by atoms with Gasteiger partial charge < -0.3 is 10.6 Å². The fourth-order valence-electron chi connectivity index (χ4n) is 2.94. The van der Waals surface area contributed by atoms with Gasteiger partial charge in [-0.3, -0.25) is 4.79 Å². The lowest BCUT2D eigenvalue weighted by Crippen LogP contribution is -2.58. The van der Waals surface area contributed by atoms with Gasteiger partial charge in [0.25, 0.3) is 0 Å². The first-order valence-electron chi connectivity index (χ1n) is 6.07. The molecule has 2 rings (SSSR count). The Kier molecular flexibility index (Phi) is 3.12. The zero-order valence-corrected chi connectivity index (χ0v) is 9.67. The Morgan fingerprint density at radius 3 is 2.53 bits per heavy atom. The van der Waals surface area contributed by atoms with Crippen molar-refractivity contribution in [2.45, 2.75) is 45.1 Å². The highest BCUT2D eigenvalue weighted by Gasteiger charge is 2.43. The number of carbonyl (C=O) groups excluding carboxylic acids is 1. The second-order valence-corrected chi connectivity index (χ2v) is 5.50. The maximum atomic E-state index is 10.9. The third-order valence-electron chi connectivity index (χ3n) is 3.99. The van der Waals surface area contributed by atoms with Gasteiger partial charge in [-0.2, -0.15) is 0 Å². The maximum absolute atomic E-state index is 10.9. The molecule has 0 amide bonds. The van der Waals surface area contributed by atoms with E-state index in [2.05, 4.69) is 4.90 Å². The zero-order chi connectivity index (χ0) is 10.9. The van der Waals surface area contributed by atoms with Crippen molar-refractivity contribution in [3.05, 3.63) is 0 Å². The van der Waals surface area contributed by atoms with E-state index in [9.17, 15) is 4.79 Å². The Morgan fingerprint density at radius 1 is 1.40 bits per heavy atom. The maximum Gasteiger partial charge on any atom is 0.131 e. The number of nitrogens with zero attached hydrogens (tertiary/aromatic N) is 1. The molecule has 1 saturated carbocycles. The van der Waals surface area contributed by atoms with Crippen LogP contribution in [0.1, 0.15) is 39.0 Å². The number of ketones is 1. The first-order valence-corrected chi connectivity index (χ1v) is 6.07. The van der Waals surface area contributed by atoms with E-state index in [1.807, 2.05) is 0 Å². The second-order valence-electron chi connectivity index (χ2n) is 5.50. The van der Waals surface area contributed by atoms with E-state index in [1.54, 1.807) is 6.92 Å². The second kappa shape index (κ2) is 4.22. The van der Waals surface area contributed by atoms with Crippen molar-refractivity contribution in [3.63, 3.8) is 0 Å². The van der Waals surface area contributed by atoms with Gasteiger partial charge in [-0.15, -0.1) is 0 Å². The summed E-state index contributed by atoms with van der Waals surface area (Å²) >= 11 is 0. The quantitative estimate of drug-likeness (QED) is 0.760. The lowest BCUT2D eigenvalue weighted by atomic mass is 9.67. The average Bonchev–Trinajstić information content (AvgIpc) is 2.14. The lowest BCUT2D eigenvalue weighted by Gasteiger charge is -2.53. The third kappa shape index (κ3) is 2.58. The Morgan fingerprint density at radius 2 is 2.00 bits per heavy atom. The van der Waals surface area contributed by atoms with Crippen LogP contribution in [0.4, 0.5) is 0 Å². The monoisotopic (exact) mass is 210 g/mol. The number of hydrogen-bond donors (Lipinski definition) is 1. The van der Waals surface area contributed by atoms with Crippen LogP contribution >= 0.6 is 0 Å². The number of Topliss-reactive ketones (excluding diaryl/α,β-unsaturated/α-hetero) is 1. The Bertz CT molecular complexity index is 236. The van der Waals surface area contributed by atoms with E-state index in [4.69, 9.17) is 5.73 Å². The number of rotatable bonds is 3. The molecule has 3 nitrogen and oxygen atoms in total. The van der Waals surface area contributed by atoms with E-state index in [1.165, 1.54) is 38.8 Å². The molecule has 0 bridgehead atoms. The van der Waals surface area contributed by atoms with Crippen molar-refractivity contribution in [2.24, 2.45) is 11.1 Å². The van der Waals surface area contributed by atoms with E-state index >= 15 is 0 Å². The topological polar surface area (TPSA) is 46.3 Å². The summed E-state index contributed by atoms with van der Waals surface area (Å²) in [6.45, 7) is 5.04. The summed E-state index contributed by atoms with van der Waals surface area (Å²) in [5.74, 6) is 0.307. The lowest BCUT2D eigenvalue weighted by molar-refractivity contribution is -0.118. The average molecular weight is 210 g/mol. The van der Waals surface area contributed by atoms with Gasteiger partial charge in [0.05, 0.1) is 0 Å². The van der Waals surface area contributed by atoms with Gasteiger partial charge in [-0.1, -0.05) is 0 Å². The molecule has 2 N–H and O–H groups in total. The molecule has 0 aromatic rings. The minimum Gasteiger partial charge on any atom is -0.328 e. The van der Waals surface area contributed by atoms with Crippen LogP contribution in [-0.4, -0.2) is 36.4 Å². The summed E-state index contributed by atoms with van der Waals surface area (Å²) in [7, 11) is 0. The molecule has 0 atom stereocenters. The highest BCUT2D eigenvalue weighted by atomic mass is 16.1. The molecular formula is C12H22N2O. The van der Waals surface area contributed by atoms with Crippen molar-refractivity contribution in [1.29, 1.82) is 0 Å². The van der Waals surface area contributed by atoms with Gasteiger partial charge in [-0.05, 0) is 38.0 Å². The molecular weight excluding hydrogens is 188 g/mol. The van der Waals surface area contributed by atoms with Crippen LogP contribution in [0.5, 0.6) is 0 Å². The van der Waals surface area contributed by atoms with Gasteiger partial charge in [0.2, 0.25) is 0 Å². The highest BCUT2D eigenvalue weighted by molar-refractivity contribution is 5.75. The summed E-state index contributed by atoms with van der Waals surface area (Å²) in [5.41, 5.74) is 6.49. The minimum atomic E-state index is 0.307. The molecule has 1 aliphatic heterocycles. The molecule has 2 fully saturated rings. The molecule has 86 valence electrons. The van der Waals surface area contributed by atoms with Gasteiger partial charge in [0, 0.05) is 32.1 Å². The van der Waals surface area contributed by atoms with Crippen LogP contribution < -0.4 is 5.73 Å². The summed E-state index contributed by atoms with van der Waals surface area (Å²) in [6.07, 6.45) is 5.70. The Hall–Kier alpha value is -0.410. The van der Waals surface area contributed by atoms with Crippen molar-refractivity contribution in [3.8, 4) is 0 Å². The number of hydrogen-bond acceptors (Lipinski definition) is 3. The van der Waals surface area contributed by atoms with E-state index < -0.39 is 0 Å². The first kappa shape index (κ1) is 11.1. The largest absolute Gasteiger partial charge is 0.328 e. The van der Waals surface area contributed by atoms with Gasteiger partial charge >= 0.3 is 0 Å². The van der Waals surface area contributed by atoms with Crippen LogP contribution in [0.25, 0.3) is 0 Å². The SMILES string of the molecule is CC(=O)CCN1CC2(CCC(N)CC2)C1. The molecule has 1 saturated heterocycles. The number of carbonyl (C=O) groups is 1. The van der Waals surface area contributed by atoms with E-state index in [0.717, 1.165) is 13.0 Å². The molecule has 1 aliphatic carbocycles. The molecule has 0 unspecified atom stereocenters. The Balaban J connectivity index is 1.70. The van der Waals surface area contributed by atoms with E-state index in [-0.39, 0.29) is 0 Å². The molecule has 0 aromatic carbocycles.